The van der Waals surface area contributed by atoms with Gasteiger partial charge in [0.1, 0.15) is 12.2 Å². The van der Waals surface area contributed by atoms with Crippen LogP contribution in [0.4, 0.5) is 14.5 Å². The molecule has 6 N–H and O–H groups in total. The number of anilines is 1. The van der Waals surface area contributed by atoms with Crippen LogP contribution in [0.25, 0.3) is 16.6 Å². The first kappa shape index (κ1) is 47.1. The number of likely N-dealkylation sites (tertiary alicyclic amines) is 2. The number of nitrogens with two attached hydrogens (primary N) is 2. The molecule has 8 rings (SSSR count). The van der Waals surface area contributed by atoms with Gasteiger partial charge in [0, 0.05) is 126 Å². The third kappa shape index (κ3) is 9.98. The monoisotopic (exact) mass is 912 g/mol. The maximum absolute atomic E-state index is 14.6. The van der Waals surface area contributed by atoms with E-state index in [1.807, 2.05) is 28.0 Å². The number of nitrogens with zero attached hydrogens (tertiary/aromatic N) is 7. The van der Waals surface area contributed by atoms with E-state index in [2.05, 4.69) is 31.5 Å². The van der Waals surface area contributed by atoms with Gasteiger partial charge in [0.2, 0.25) is 17.7 Å². The number of fused-ring (bicyclic) bond motifs is 2. The molecule has 5 aliphatic heterocycles. The Morgan fingerprint density at radius 1 is 0.970 bits per heavy atom. The van der Waals surface area contributed by atoms with Crippen LogP contribution < -0.4 is 32.7 Å². The molecule has 2 unspecified atom stereocenters. The fraction of sp³-hybridized carbons (Fsp3) is 0.571. The second-order valence-corrected chi connectivity index (χ2v) is 18.9. The summed E-state index contributed by atoms with van der Waals surface area (Å²) in [7, 11) is 3.35. The van der Waals surface area contributed by atoms with Gasteiger partial charge in [0.05, 0.1) is 11.0 Å². The molecule has 0 spiro atoms. The van der Waals surface area contributed by atoms with Crippen LogP contribution in [0.15, 0.2) is 57.6 Å². The molecule has 3 fully saturated rings. The molecule has 356 valence electrons. The van der Waals surface area contributed by atoms with Crippen molar-refractivity contribution in [2.45, 2.75) is 102 Å². The van der Waals surface area contributed by atoms with Gasteiger partial charge in [-0.15, -0.1) is 0 Å². The lowest BCUT2D eigenvalue weighted by atomic mass is 9.90. The van der Waals surface area contributed by atoms with Crippen LogP contribution in [0, 0.1) is 5.92 Å². The van der Waals surface area contributed by atoms with Crippen molar-refractivity contribution in [3.63, 3.8) is 0 Å². The molecule has 3 aromatic rings. The summed E-state index contributed by atoms with van der Waals surface area (Å²) in [6, 6.07) is 8.92. The number of hydrogen-bond donors (Lipinski definition) is 4. The zero-order valence-corrected chi connectivity index (χ0v) is 38.7. The van der Waals surface area contributed by atoms with Crippen LogP contribution in [0.2, 0.25) is 0 Å². The zero-order valence-electron chi connectivity index (χ0n) is 38.7. The SMILES string of the molecule is CN=CC(=CN)c1cc2c(cc1C(F)F)N(C(N)C1=C(NC3CCN(CCN4CCC(CCc5cccc6c5n(C)c(=O)n6C5CCC(=O)NC5=O)CC4)CC3)CCN(C(C)=O)C1)CCC2. The Hall–Kier alpha value is -5.39. The molecule has 66 heavy (non-hydrogen) atoms. The van der Waals surface area contributed by atoms with Gasteiger partial charge in [0.25, 0.3) is 6.43 Å². The molecule has 0 radical (unpaired) electrons. The quantitative estimate of drug-likeness (QED) is 0.135. The number of hydrogen-bond acceptors (Lipinski definition) is 11. The van der Waals surface area contributed by atoms with E-state index in [4.69, 9.17) is 11.5 Å². The Morgan fingerprint density at radius 2 is 1.70 bits per heavy atom. The number of allylic oxidation sites excluding steroid dienone is 1. The molecule has 6 heterocycles. The number of halogens is 2. The molecule has 3 amide bonds. The highest BCUT2D eigenvalue weighted by molar-refractivity contribution is 6.10. The summed E-state index contributed by atoms with van der Waals surface area (Å²) in [6.07, 6.45) is 8.40. The maximum Gasteiger partial charge on any atom is 0.329 e. The molecule has 2 atom stereocenters. The molecule has 17 heteroatoms. The molecular weight excluding hydrogens is 845 g/mol. The fourth-order valence-corrected chi connectivity index (χ4v) is 11.1. The predicted octanol–water partition coefficient (Wildman–Crippen LogP) is 4.20. The van der Waals surface area contributed by atoms with Crippen LogP contribution in [-0.2, 0) is 34.3 Å². The van der Waals surface area contributed by atoms with E-state index in [-0.39, 0.29) is 35.5 Å². The number of aryl methyl sites for hydroxylation is 3. The van der Waals surface area contributed by atoms with Crippen molar-refractivity contribution < 1.29 is 23.2 Å². The number of aliphatic imine (C=N–C) groups is 1. The van der Waals surface area contributed by atoms with Crippen molar-refractivity contribution in [3.05, 3.63) is 80.5 Å². The summed E-state index contributed by atoms with van der Waals surface area (Å²) < 4.78 is 32.4. The third-order valence-electron chi connectivity index (χ3n) is 14.9. The average Bonchev–Trinajstić information content (AvgIpc) is 3.57. The highest BCUT2D eigenvalue weighted by Gasteiger charge is 2.35. The van der Waals surface area contributed by atoms with Gasteiger partial charge >= 0.3 is 5.69 Å². The lowest BCUT2D eigenvalue weighted by Crippen LogP contribution is -2.53. The van der Waals surface area contributed by atoms with Crippen molar-refractivity contribution in [1.82, 2.24) is 34.5 Å². The third-order valence-corrected chi connectivity index (χ3v) is 14.9. The van der Waals surface area contributed by atoms with Crippen LogP contribution in [0.3, 0.4) is 0 Å². The van der Waals surface area contributed by atoms with E-state index in [1.165, 1.54) is 12.4 Å². The molecule has 0 saturated carbocycles. The van der Waals surface area contributed by atoms with E-state index in [0.717, 1.165) is 124 Å². The van der Waals surface area contributed by atoms with Crippen LogP contribution in [0.5, 0.6) is 0 Å². The first-order valence-corrected chi connectivity index (χ1v) is 23.9. The molecule has 0 bridgehead atoms. The Morgan fingerprint density at radius 3 is 2.36 bits per heavy atom. The number of carbonyl (C=O) groups is 3. The number of aromatic nitrogens is 2. The van der Waals surface area contributed by atoms with Gasteiger partial charge in [-0.3, -0.25) is 33.8 Å². The number of nitrogens with one attached hydrogen (secondary N) is 2. The second-order valence-electron chi connectivity index (χ2n) is 18.9. The minimum absolute atomic E-state index is 0.0120. The Kier molecular flexibility index (Phi) is 14.7. The van der Waals surface area contributed by atoms with E-state index in [1.54, 1.807) is 36.2 Å². The van der Waals surface area contributed by atoms with Gasteiger partial charge in [-0.05, 0) is 112 Å². The topological polar surface area (TPSA) is 180 Å². The second kappa shape index (κ2) is 20.6. The summed E-state index contributed by atoms with van der Waals surface area (Å²) >= 11 is 0. The molecule has 0 aliphatic carbocycles. The van der Waals surface area contributed by atoms with Crippen LogP contribution >= 0.6 is 0 Å². The predicted molar refractivity (Wildman–Crippen MR) is 254 cm³/mol. The molecule has 1 aromatic heterocycles. The Labute approximate surface area is 385 Å². The Bertz CT molecular complexity index is 2440. The number of carbonyl (C=O) groups excluding carboxylic acids is 3. The molecule has 15 nitrogen and oxygen atoms in total. The summed E-state index contributed by atoms with van der Waals surface area (Å²) in [6.45, 7) is 9.36. The Balaban J connectivity index is 0.841. The maximum atomic E-state index is 14.6. The van der Waals surface area contributed by atoms with E-state index >= 15 is 0 Å². The number of benzene rings is 2. The standard InChI is InChI=1S/C49H67F2N11O4/c1-31(63)60-23-17-40(39(30-60)47(53)61-18-5-7-34-26-37(35(28-52)29-54-2)38(46(50)51)27-43(34)61)55-36-15-21-59(22-16-36)25-24-58-19-13-32(14-20-58)9-10-33-6-4-8-41-45(33)57(3)49(66)62(41)42-11-12-44(64)56-48(42)65/h4,6,8,26-29,32,36,42,46-47,55H,5,7,9-25,30,52-53H2,1-3H3,(H,56,64,65). The summed E-state index contributed by atoms with van der Waals surface area (Å²) in [5.41, 5.74) is 19.8. The number of piperidine rings is 3. The van der Waals surface area contributed by atoms with Crippen molar-refractivity contribution in [2.24, 2.45) is 29.4 Å². The summed E-state index contributed by atoms with van der Waals surface area (Å²) in [5.74, 6) is -0.126. The first-order valence-electron chi connectivity index (χ1n) is 23.9. The van der Waals surface area contributed by atoms with Gasteiger partial charge in [-0.1, -0.05) is 12.1 Å². The molecule has 2 aromatic carbocycles. The highest BCUT2D eigenvalue weighted by Crippen LogP contribution is 2.39. The van der Waals surface area contributed by atoms with E-state index in [0.29, 0.717) is 55.2 Å². The summed E-state index contributed by atoms with van der Waals surface area (Å²) in [4.78, 5) is 63.6. The van der Waals surface area contributed by atoms with Crippen molar-refractivity contribution in [3.8, 4) is 0 Å². The van der Waals surface area contributed by atoms with Crippen LogP contribution in [0.1, 0.15) is 99.4 Å². The number of amides is 3. The van der Waals surface area contributed by atoms with Gasteiger partial charge in [-0.2, -0.15) is 0 Å². The number of imide groups is 1. The van der Waals surface area contributed by atoms with Gasteiger partial charge < -0.3 is 36.4 Å². The number of imidazole rings is 1. The van der Waals surface area contributed by atoms with E-state index < -0.39 is 24.5 Å². The van der Waals surface area contributed by atoms with E-state index in [9.17, 15) is 28.0 Å². The average molecular weight is 912 g/mol. The zero-order chi connectivity index (χ0) is 46.6. The minimum Gasteiger partial charge on any atom is -0.404 e. The fourth-order valence-electron chi connectivity index (χ4n) is 11.1. The summed E-state index contributed by atoms with van der Waals surface area (Å²) in [5, 5.41) is 6.27. The lowest BCUT2D eigenvalue weighted by Gasteiger charge is -2.42. The van der Waals surface area contributed by atoms with Crippen molar-refractivity contribution >= 4 is 46.2 Å². The number of alkyl halides is 2. The molecule has 5 aliphatic rings. The minimum atomic E-state index is -2.72. The number of rotatable bonds is 14. The number of para-hydroxylation sites is 1. The normalized spacial score (nSPS) is 21.6. The first-order chi connectivity index (χ1) is 31.8. The lowest BCUT2D eigenvalue weighted by molar-refractivity contribution is -0.135. The highest BCUT2D eigenvalue weighted by atomic mass is 19.3. The largest absolute Gasteiger partial charge is 0.404 e. The van der Waals surface area contributed by atoms with Gasteiger partial charge in [0.15, 0.2) is 0 Å². The molecule has 3 saturated heterocycles. The van der Waals surface area contributed by atoms with Crippen LogP contribution in [-0.4, -0.2) is 126 Å². The smallest absolute Gasteiger partial charge is 0.329 e. The van der Waals surface area contributed by atoms with Crippen molar-refractivity contribution in [1.29, 1.82) is 0 Å². The van der Waals surface area contributed by atoms with Gasteiger partial charge in [-0.25, -0.2) is 13.6 Å². The molecular formula is C49H67F2N11O4. The van der Waals surface area contributed by atoms with Crippen molar-refractivity contribution in [2.75, 3.05) is 70.9 Å².